The van der Waals surface area contributed by atoms with Crippen LogP contribution >= 0.6 is 0 Å². The molecule has 0 bridgehead atoms. The number of hydrogen-bond acceptors (Lipinski definition) is 6. The molecule has 3 aromatic carbocycles. The van der Waals surface area contributed by atoms with Gasteiger partial charge in [-0.3, -0.25) is 4.79 Å². The van der Waals surface area contributed by atoms with Crippen molar-refractivity contribution in [2.24, 2.45) is 7.05 Å². The van der Waals surface area contributed by atoms with Gasteiger partial charge in [0, 0.05) is 26.6 Å². The van der Waals surface area contributed by atoms with E-state index in [1.165, 1.54) is 11.4 Å². The van der Waals surface area contributed by atoms with Crippen LogP contribution in [0.5, 0.6) is 0 Å². The molecule has 37 heavy (non-hydrogen) atoms. The Bertz CT molecular complexity index is 1470. The van der Waals surface area contributed by atoms with Gasteiger partial charge in [0.25, 0.3) is 0 Å². The highest BCUT2D eigenvalue weighted by molar-refractivity contribution is 7.89. The molecule has 4 rings (SSSR count). The van der Waals surface area contributed by atoms with Crippen LogP contribution in [0.15, 0.2) is 71.6 Å². The van der Waals surface area contributed by atoms with E-state index in [0.29, 0.717) is 0 Å². The summed E-state index contributed by atoms with van der Waals surface area (Å²) < 4.78 is 34.1. The molecule has 1 unspecified atom stereocenters. The van der Waals surface area contributed by atoms with Crippen molar-refractivity contribution in [3.05, 3.63) is 89.0 Å². The number of carbonyl (C=O) groups excluding carboxylic acids is 1. The molecule has 8 nitrogen and oxygen atoms in total. The molecular weight excluding hydrogens is 488 g/mol. The summed E-state index contributed by atoms with van der Waals surface area (Å²) in [5.74, 6) is -0.621. The fourth-order valence-corrected chi connectivity index (χ4v) is 5.30. The second kappa shape index (κ2) is 12.1. The normalized spacial score (nSPS) is 12.2. The average molecular weight is 523 g/mol. The molecule has 0 aliphatic carbocycles. The maximum atomic E-state index is 13.0. The van der Waals surface area contributed by atoms with E-state index in [0.717, 1.165) is 33.3 Å². The van der Waals surface area contributed by atoms with Gasteiger partial charge in [0.2, 0.25) is 10.0 Å². The first-order valence-corrected chi connectivity index (χ1v) is 13.6. The van der Waals surface area contributed by atoms with Gasteiger partial charge in [-0.25, -0.2) is 13.1 Å². The Morgan fingerprint density at radius 3 is 2.35 bits per heavy atom. The van der Waals surface area contributed by atoms with E-state index in [9.17, 15) is 13.2 Å². The molecule has 1 atom stereocenters. The predicted molar refractivity (Wildman–Crippen MR) is 145 cm³/mol. The van der Waals surface area contributed by atoms with E-state index in [4.69, 9.17) is 4.74 Å². The van der Waals surface area contributed by atoms with Gasteiger partial charge < -0.3 is 4.74 Å². The molecular formula is C28H34N4O4S. The number of nitrogens with zero attached hydrogens (tertiary/aromatic N) is 4. The van der Waals surface area contributed by atoms with Crippen molar-refractivity contribution in [2.75, 3.05) is 14.2 Å². The Kier molecular flexibility index (Phi) is 9.18. The second-order valence-corrected chi connectivity index (χ2v) is 10.6. The first-order valence-electron chi connectivity index (χ1n) is 12.2. The highest BCUT2D eigenvalue weighted by Crippen LogP contribution is 2.32. The van der Waals surface area contributed by atoms with Crippen LogP contribution in [-0.4, -0.2) is 47.8 Å². The maximum absolute atomic E-state index is 13.0. The Hall–Kier alpha value is -3.56. The van der Waals surface area contributed by atoms with Gasteiger partial charge >= 0.3 is 5.97 Å². The third-order valence-corrected chi connectivity index (χ3v) is 8.07. The molecule has 1 heterocycles. The van der Waals surface area contributed by atoms with Gasteiger partial charge in [-0.2, -0.15) is 4.31 Å². The third kappa shape index (κ3) is 6.23. The van der Waals surface area contributed by atoms with Crippen LogP contribution in [0.2, 0.25) is 0 Å². The molecule has 9 heteroatoms. The SMILES string of the molecule is CC.COC(=O)CC(c1ccc(C)c(CN(C)S(=O)(=O)c2ccccc2)c1)c1ccc2c(c1)nnn2C. The van der Waals surface area contributed by atoms with Gasteiger partial charge in [0.1, 0.15) is 5.52 Å². The van der Waals surface area contributed by atoms with Crippen molar-refractivity contribution in [3.63, 3.8) is 0 Å². The summed E-state index contributed by atoms with van der Waals surface area (Å²) in [4.78, 5) is 12.6. The van der Waals surface area contributed by atoms with Crippen molar-refractivity contribution in [2.45, 2.75) is 44.6 Å². The summed E-state index contributed by atoms with van der Waals surface area (Å²) in [5.41, 5.74) is 5.25. The molecule has 4 aromatic rings. The zero-order chi connectivity index (χ0) is 27.2. The average Bonchev–Trinajstić information content (AvgIpc) is 3.29. The van der Waals surface area contributed by atoms with Crippen molar-refractivity contribution >= 4 is 27.0 Å². The van der Waals surface area contributed by atoms with Crippen LogP contribution in [0.3, 0.4) is 0 Å². The van der Waals surface area contributed by atoms with Gasteiger partial charge in [0.15, 0.2) is 0 Å². The number of aromatic nitrogens is 3. The Morgan fingerprint density at radius 2 is 1.68 bits per heavy atom. The summed E-state index contributed by atoms with van der Waals surface area (Å²) in [7, 11) is 1.13. The predicted octanol–water partition coefficient (Wildman–Crippen LogP) is 4.82. The Labute approximate surface area is 218 Å². The molecule has 1 aromatic heterocycles. The molecule has 0 saturated carbocycles. The van der Waals surface area contributed by atoms with Crippen LogP contribution in [0.4, 0.5) is 0 Å². The van der Waals surface area contributed by atoms with E-state index in [1.807, 2.05) is 64.2 Å². The fraction of sp³-hybridized carbons (Fsp3) is 0.321. The quantitative estimate of drug-likeness (QED) is 0.308. The van der Waals surface area contributed by atoms with Crippen molar-refractivity contribution in [3.8, 4) is 0 Å². The summed E-state index contributed by atoms with van der Waals surface area (Å²) >= 11 is 0. The minimum absolute atomic E-state index is 0.142. The second-order valence-electron chi connectivity index (χ2n) is 8.55. The lowest BCUT2D eigenvalue weighted by atomic mass is 9.86. The van der Waals surface area contributed by atoms with Crippen molar-refractivity contribution in [1.29, 1.82) is 0 Å². The summed E-state index contributed by atoms with van der Waals surface area (Å²) in [6.07, 6.45) is 0.142. The van der Waals surface area contributed by atoms with Crippen LogP contribution in [0.1, 0.15) is 48.4 Å². The summed E-state index contributed by atoms with van der Waals surface area (Å²) in [5, 5.41) is 8.27. The van der Waals surface area contributed by atoms with E-state index in [-0.39, 0.29) is 29.7 Å². The largest absolute Gasteiger partial charge is 0.469 e. The first-order chi connectivity index (χ1) is 17.7. The summed E-state index contributed by atoms with van der Waals surface area (Å²) in [6, 6.07) is 20.1. The van der Waals surface area contributed by atoms with Crippen LogP contribution in [0, 0.1) is 6.92 Å². The van der Waals surface area contributed by atoms with Gasteiger partial charge in [0.05, 0.1) is 23.9 Å². The third-order valence-electron chi connectivity index (χ3n) is 6.26. The van der Waals surface area contributed by atoms with E-state index in [1.54, 1.807) is 42.1 Å². The van der Waals surface area contributed by atoms with Gasteiger partial charge in [-0.05, 0) is 53.4 Å². The minimum Gasteiger partial charge on any atom is -0.469 e. The molecule has 0 spiro atoms. The number of aryl methyl sites for hydroxylation is 2. The highest BCUT2D eigenvalue weighted by atomic mass is 32.2. The summed E-state index contributed by atoms with van der Waals surface area (Å²) in [6.45, 7) is 6.15. The number of esters is 1. The lowest BCUT2D eigenvalue weighted by Gasteiger charge is -2.22. The lowest BCUT2D eigenvalue weighted by molar-refractivity contribution is -0.140. The molecule has 0 N–H and O–H groups in total. The standard InChI is InChI=1S/C26H28N4O4S.C2H6/c1-18-10-11-19(14-21(18)17-29(2)35(32,33)22-8-6-5-7-9-22)23(16-26(31)34-4)20-12-13-25-24(15-20)27-28-30(25)3;1-2/h5-15,23H,16-17H2,1-4H3;1-2H3. The zero-order valence-electron chi connectivity index (χ0n) is 22.2. The van der Waals surface area contributed by atoms with E-state index < -0.39 is 10.0 Å². The number of fused-ring (bicyclic) bond motifs is 1. The topological polar surface area (TPSA) is 94.4 Å². The number of carbonyl (C=O) groups is 1. The molecule has 196 valence electrons. The van der Waals surface area contributed by atoms with Crippen molar-refractivity contribution in [1.82, 2.24) is 19.3 Å². The molecule has 0 aliphatic rings. The number of ether oxygens (including phenoxy) is 1. The van der Waals surface area contributed by atoms with Gasteiger partial charge in [-0.15, -0.1) is 5.10 Å². The van der Waals surface area contributed by atoms with Crippen LogP contribution in [-0.2, 0) is 33.1 Å². The lowest BCUT2D eigenvalue weighted by Crippen LogP contribution is -2.27. The van der Waals surface area contributed by atoms with E-state index in [2.05, 4.69) is 10.3 Å². The number of hydrogen-bond donors (Lipinski definition) is 0. The molecule has 0 amide bonds. The first kappa shape index (κ1) is 28.0. The zero-order valence-corrected chi connectivity index (χ0v) is 23.0. The highest BCUT2D eigenvalue weighted by Gasteiger charge is 2.24. The number of rotatable bonds is 8. The van der Waals surface area contributed by atoms with Crippen molar-refractivity contribution < 1.29 is 17.9 Å². The molecule has 0 aliphatic heterocycles. The van der Waals surface area contributed by atoms with Gasteiger partial charge in [-0.1, -0.05) is 61.5 Å². The maximum Gasteiger partial charge on any atom is 0.306 e. The Balaban J connectivity index is 0.00000186. The van der Waals surface area contributed by atoms with Crippen LogP contribution in [0.25, 0.3) is 11.0 Å². The number of methoxy groups -OCH3 is 1. The Morgan fingerprint density at radius 1 is 1.03 bits per heavy atom. The molecule has 0 fully saturated rings. The fourth-order valence-electron chi connectivity index (χ4n) is 4.13. The smallest absolute Gasteiger partial charge is 0.306 e. The molecule has 0 radical (unpaired) electrons. The number of sulfonamides is 1. The number of benzene rings is 3. The minimum atomic E-state index is -3.64. The molecule has 0 saturated heterocycles. The van der Waals surface area contributed by atoms with Crippen LogP contribution < -0.4 is 0 Å². The van der Waals surface area contributed by atoms with E-state index >= 15 is 0 Å². The monoisotopic (exact) mass is 522 g/mol.